The predicted octanol–water partition coefficient (Wildman–Crippen LogP) is 5.22. The van der Waals surface area contributed by atoms with Crippen LogP contribution in [0.5, 0.6) is 0 Å². The van der Waals surface area contributed by atoms with Gasteiger partial charge in [-0.25, -0.2) is 0 Å². The monoisotopic (exact) mass is 448 g/mol. The molecule has 0 unspecified atom stereocenters. The molecule has 2 saturated carbocycles. The Hall–Kier alpha value is -0.131. The topological polar surface area (TPSA) is 0 Å². The average molecular weight is 449 g/mol. The van der Waals surface area contributed by atoms with Crippen LogP contribution in [0.1, 0.15) is 0 Å². The summed E-state index contributed by atoms with van der Waals surface area (Å²) in [5, 5.41) is 2.77. The summed E-state index contributed by atoms with van der Waals surface area (Å²) >= 11 is 3.68. The van der Waals surface area contributed by atoms with Crippen molar-refractivity contribution in [2.24, 2.45) is 0 Å². The summed E-state index contributed by atoms with van der Waals surface area (Å²) in [6.07, 6.45) is 16.5. The Labute approximate surface area is 173 Å². The third kappa shape index (κ3) is 6.21. The van der Waals surface area contributed by atoms with E-state index in [0.717, 1.165) is 0 Å². The molecule has 3 heteroatoms. The third-order valence-corrected chi connectivity index (χ3v) is 7.07. The first-order valence-electron chi connectivity index (χ1n) is 7.84. The second-order valence-corrected chi connectivity index (χ2v) is 8.27. The summed E-state index contributed by atoms with van der Waals surface area (Å²) in [5.41, 5.74) is 1.38. The minimum Gasteiger partial charge on any atom is -0.0824 e. The second kappa shape index (κ2) is 11.6. The van der Waals surface area contributed by atoms with Crippen molar-refractivity contribution in [3.63, 3.8) is 0 Å². The van der Waals surface area contributed by atoms with Crippen molar-refractivity contribution in [2.45, 2.75) is 0 Å². The zero-order valence-corrected chi connectivity index (χ0v) is 17.2. The van der Waals surface area contributed by atoms with Crippen LogP contribution in [0.15, 0.2) is 60.7 Å². The van der Waals surface area contributed by atoms with Gasteiger partial charge in [0.2, 0.25) is 0 Å². The Morgan fingerprint density at radius 3 is 1.36 bits per heavy atom. The van der Waals surface area contributed by atoms with E-state index in [0.29, 0.717) is 0 Å². The van der Waals surface area contributed by atoms with E-state index in [2.05, 4.69) is 95.9 Å². The summed E-state index contributed by atoms with van der Waals surface area (Å²) < 4.78 is 0. The van der Waals surface area contributed by atoms with E-state index in [-0.39, 0.29) is 17.1 Å². The quantitative estimate of drug-likeness (QED) is 0.445. The number of hydrogen-bond acceptors (Lipinski definition) is 0. The van der Waals surface area contributed by atoms with Crippen LogP contribution in [0, 0.1) is 61.9 Å². The molecule has 0 heterocycles. The van der Waals surface area contributed by atoms with E-state index in [1.165, 1.54) is 21.1 Å². The molecule has 0 N–H and O–H groups in total. The molecule has 0 nitrogen and oxygen atoms in total. The molecule has 0 saturated heterocycles. The Morgan fingerprint density at radius 2 is 1.00 bits per heavy atom. The van der Waals surface area contributed by atoms with Gasteiger partial charge in [0, 0.05) is 5.66 Å². The molecule has 0 aromatic heterocycles. The van der Waals surface area contributed by atoms with E-state index < -0.39 is 7.92 Å². The molecule has 2 aromatic rings. The SMILES string of the molecule is Br[C]1[CH][CH][CH][C]1P(c1ccccc1)c1ccccc1.[CH]1[CH][CH][CH][CH]1.[Fe+2]. The fourth-order valence-corrected chi connectivity index (χ4v) is 5.61. The zero-order valence-electron chi connectivity index (χ0n) is 13.6. The standard InChI is InChI=1S/C17H13BrP.C5H5.Fe/c18-16-12-7-13-17(16)19(14-8-3-1-4-9-14)15-10-5-2-6-11-15;1-2-4-5-3-1;/h1-13H;1-5H;/q;;+2. The minimum absolute atomic E-state index is 0. The van der Waals surface area contributed by atoms with Crippen molar-refractivity contribution in [2.75, 3.05) is 0 Å². The van der Waals surface area contributed by atoms with Crippen molar-refractivity contribution in [3.8, 4) is 0 Å². The van der Waals surface area contributed by atoms with Crippen LogP contribution in [0.3, 0.4) is 0 Å². The molecular formula is C22H18BrFeP+2. The molecule has 124 valence electrons. The Kier molecular flexibility index (Phi) is 9.79. The van der Waals surface area contributed by atoms with Crippen LogP contribution in [-0.4, -0.2) is 0 Å². The molecule has 4 rings (SSSR count). The first-order chi connectivity index (χ1) is 11.9. The average Bonchev–Trinajstić information content (AvgIpc) is 3.33. The van der Waals surface area contributed by atoms with Crippen LogP contribution < -0.4 is 10.6 Å². The zero-order chi connectivity index (χ0) is 16.6. The van der Waals surface area contributed by atoms with Crippen molar-refractivity contribution in [1.29, 1.82) is 0 Å². The Bertz CT molecular complexity index is 538. The fourth-order valence-electron chi connectivity index (χ4n) is 2.47. The first kappa shape index (κ1) is 21.2. The summed E-state index contributed by atoms with van der Waals surface area (Å²) in [6.45, 7) is 0. The van der Waals surface area contributed by atoms with Gasteiger partial charge in [-0.05, 0) is 69.9 Å². The molecule has 2 fully saturated rings. The summed E-state index contributed by atoms with van der Waals surface area (Å²) in [6, 6.07) is 21.5. The molecule has 0 aliphatic heterocycles. The van der Waals surface area contributed by atoms with Gasteiger partial charge >= 0.3 is 17.1 Å². The number of rotatable bonds is 3. The molecule has 0 bridgehead atoms. The van der Waals surface area contributed by atoms with Crippen LogP contribution in [-0.2, 0) is 17.1 Å². The Balaban J connectivity index is 0.000000325. The molecule has 2 aromatic carbocycles. The predicted molar refractivity (Wildman–Crippen MR) is 109 cm³/mol. The molecule has 2 aliphatic carbocycles. The van der Waals surface area contributed by atoms with Crippen molar-refractivity contribution in [1.82, 2.24) is 0 Å². The molecule has 0 spiro atoms. The van der Waals surface area contributed by atoms with Gasteiger partial charge in [-0.1, -0.05) is 76.6 Å². The van der Waals surface area contributed by atoms with Gasteiger partial charge in [-0.2, -0.15) is 0 Å². The minimum atomic E-state index is -0.477. The van der Waals surface area contributed by atoms with E-state index >= 15 is 0 Å². The fraction of sp³-hybridized carbons (Fsp3) is 0. The van der Waals surface area contributed by atoms with Gasteiger partial charge in [-0.3, -0.25) is 0 Å². The molecule has 2 aliphatic rings. The summed E-state index contributed by atoms with van der Waals surface area (Å²) in [4.78, 5) is 1.20. The Morgan fingerprint density at radius 1 is 0.560 bits per heavy atom. The van der Waals surface area contributed by atoms with E-state index in [9.17, 15) is 0 Å². The van der Waals surface area contributed by atoms with Crippen LogP contribution in [0.4, 0.5) is 0 Å². The molecule has 25 heavy (non-hydrogen) atoms. The van der Waals surface area contributed by atoms with Gasteiger partial charge in [0.15, 0.2) is 0 Å². The van der Waals surface area contributed by atoms with Crippen LogP contribution >= 0.6 is 23.9 Å². The smallest absolute Gasteiger partial charge is 0.0824 e. The van der Waals surface area contributed by atoms with Crippen molar-refractivity contribution < 1.29 is 17.1 Å². The van der Waals surface area contributed by atoms with Crippen LogP contribution in [0.2, 0.25) is 0 Å². The maximum Gasteiger partial charge on any atom is 2.00 e. The third-order valence-electron chi connectivity index (χ3n) is 3.57. The number of hydrogen-bond donors (Lipinski definition) is 0. The van der Waals surface area contributed by atoms with Crippen molar-refractivity contribution in [3.05, 3.63) is 123 Å². The molecule has 10 radical (unpaired) electrons. The van der Waals surface area contributed by atoms with Gasteiger partial charge in [0.25, 0.3) is 0 Å². The molecular weight excluding hydrogens is 431 g/mol. The van der Waals surface area contributed by atoms with E-state index in [1.54, 1.807) is 0 Å². The summed E-state index contributed by atoms with van der Waals surface area (Å²) in [5.74, 6) is 0. The van der Waals surface area contributed by atoms with Gasteiger partial charge < -0.3 is 0 Å². The molecule has 0 amide bonds. The summed E-state index contributed by atoms with van der Waals surface area (Å²) in [7, 11) is -0.477. The maximum absolute atomic E-state index is 3.68. The van der Waals surface area contributed by atoms with Gasteiger partial charge in [0.1, 0.15) is 0 Å². The number of halogens is 1. The molecule has 0 atom stereocenters. The van der Waals surface area contributed by atoms with Gasteiger partial charge in [-0.15, -0.1) is 0 Å². The van der Waals surface area contributed by atoms with Crippen LogP contribution in [0.25, 0.3) is 0 Å². The normalized spacial score (nSPS) is 17.8. The van der Waals surface area contributed by atoms with E-state index in [1.807, 2.05) is 32.1 Å². The first-order valence-corrected chi connectivity index (χ1v) is 9.98. The van der Waals surface area contributed by atoms with E-state index in [4.69, 9.17) is 0 Å². The van der Waals surface area contributed by atoms with Gasteiger partial charge in [0.05, 0.1) is 4.83 Å². The number of benzene rings is 2. The van der Waals surface area contributed by atoms with Crippen molar-refractivity contribution >= 4 is 34.5 Å². The maximum atomic E-state index is 3.68. The largest absolute Gasteiger partial charge is 2.00 e. The second-order valence-electron chi connectivity index (χ2n) is 5.23.